The van der Waals surface area contributed by atoms with Crippen molar-refractivity contribution in [2.45, 2.75) is 51.2 Å². The van der Waals surface area contributed by atoms with Gasteiger partial charge in [-0.2, -0.15) is 0 Å². The summed E-state index contributed by atoms with van der Waals surface area (Å²) in [5, 5.41) is 0.750. The summed E-state index contributed by atoms with van der Waals surface area (Å²) in [6.07, 6.45) is 7.62. The molecule has 1 aliphatic carbocycles. The van der Waals surface area contributed by atoms with Gasteiger partial charge in [-0.25, -0.2) is 0 Å². The lowest BCUT2D eigenvalue weighted by Gasteiger charge is -2.35. The summed E-state index contributed by atoms with van der Waals surface area (Å²) in [4.78, 5) is 15.9. The summed E-state index contributed by atoms with van der Waals surface area (Å²) in [6, 6.07) is 17.6. The van der Waals surface area contributed by atoms with Crippen molar-refractivity contribution in [3.8, 4) is 11.5 Å². The number of hydrogen-bond acceptors (Lipinski definition) is 3. The lowest BCUT2D eigenvalue weighted by atomic mass is 9.93. The molecule has 1 aliphatic rings. The molecular weight excluding hydrogens is 436 g/mol. The van der Waals surface area contributed by atoms with Gasteiger partial charge in [0.15, 0.2) is 0 Å². The Balaban J connectivity index is 1.64. The van der Waals surface area contributed by atoms with Crippen molar-refractivity contribution in [1.29, 1.82) is 0 Å². The van der Waals surface area contributed by atoms with Crippen LogP contribution in [0.3, 0.4) is 0 Å². The van der Waals surface area contributed by atoms with E-state index in [1.54, 1.807) is 26.4 Å². The number of aromatic nitrogens is 1. The van der Waals surface area contributed by atoms with Crippen LogP contribution in [0.15, 0.2) is 60.8 Å². The minimum Gasteiger partial charge on any atom is -0.497 e. The average Bonchev–Trinajstić information content (AvgIpc) is 3.30. The number of methoxy groups -OCH3 is 2. The van der Waals surface area contributed by atoms with Crippen molar-refractivity contribution < 1.29 is 14.3 Å². The van der Waals surface area contributed by atoms with Crippen LogP contribution in [0.25, 0.3) is 0 Å². The Morgan fingerprint density at radius 1 is 1.03 bits per heavy atom. The minimum atomic E-state index is -0.00750. The van der Waals surface area contributed by atoms with E-state index in [0.29, 0.717) is 30.2 Å². The van der Waals surface area contributed by atoms with Gasteiger partial charge in [0.25, 0.3) is 5.91 Å². The number of amides is 1. The number of carbonyl (C=O) groups excluding carboxylic acids is 1. The largest absolute Gasteiger partial charge is 0.497 e. The molecule has 33 heavy (non-hydrogen) atoms. The van der Waals surface area contributed by atoms with E-state index in [-0.39, 0.29) is 11.9 Å². The summed E-state index contributed by atoms with van der Waals surface area (Å²) < 4.78 is 13.0. The van der Waals surface area contributed by atoms with E-state index in [0.717, 1.165) is 42.0 Å². The lowest BCUT2D eigenvalue weighted by Crippen LogP contribution is -2.41. The molecule has 2 aromatic carbocycles. The zero-order valence-corrected chi connectivity index (χ0v) is 20.1. The van der Waals surface area contributed by atoms with Crippen LogP contribution in [0, 0.1) is 0 Å². The third-order valence-electron chi connectivity index (χ3n) is 6.47. The first-order valence-corrected chi connectivity index (χ1v) is 11.9. The molecule has 0 radical (unpaired) electrons. The summed E-state index contributed by atoms with van der Waals surface area (Å²) in [6.45, 7) is 1.21. The first kappa shape index (κ1) is 23.2. The van der Waals surface area contributed by atoms with E-state index in [2.05, 4.69) is 16.8 Å². The van der Waals surface area contributed by atoms with Crippen LogP contribution in [-0.2, 0) is 13.1 Å². The van der Waals surface area contributed by atoms with Gasteiger partial charge in [0, 0.05) is 35.6 Å². The Labute approximate surface area is 200 Å². The maximum absolute atomic E-state index is 13.8. The van der Waals surface area contributed by atoms with Crippen molar-refractivity contribution in [3.05, 3.63) is 82.6 Å². The fourth-order valence-electron chi connectivity index (χ4n) is 4.62. The van der Waals surface area contributed by atoms with Crippen molar-refractivity contribution in [1.82, 2.24) is 9.47 Å². The van der Waals surface area contributed by atoms with Crippen LogP contribution in [0.5, 0.6) is 11.5 Å². The number of benzene rings is 2. The number of halogens is 1. The SMILES string of the molecule is COc1ccc(C(=O)N(Cc2cccn2Cc2ccccc2Cl)C2CCCCC2)c(OC)c1. The molecule has 1 saturated carbocycles. The molecule has 0 unspecified atom stereocenters. The highest BCUT2D eigenvalue weighted by Crippen LogP contribution is 2.30. The minimum absolute atomic E-state index is 0.00750. The van der Waals surface area contributed by atoms with Crippen molar-refractivity contribution in [2.24, 2.45) is 0 Å². The van der Waals surface area contributed by atoms with Gasteiger partial charge in [-0.15, -0.1) is 0 Å². The van der Waals surface area contributed by atoms with Crippen molar-refractivity contribution in [2.75, 3.05) is 14.2 Å². The average molecular weight is 467 g/mol. The number of rotatable bonds is 8. The number of nitrogens with zero attached hydrogens (tertiary/aromatic N) is 2. The quantitative estimate of drug-likeness (QED) is 0.398. The predicted molar refractivity (Wildman–Crippen MR) is 131 cm³/mol. The highest BCUT2D eigenvalue weighted by molar-refractivity contribution is 6.31. The molecule has 1 amide bonds. The number of carbonyl (C=O) groups is 1. The zero-order chi connectivity index (χ0) is 23.2. The van der Waals surface area contributed by atoms with Crippen LogP contribution in [0.4, 0.5) is 0 Å². The van der Waals surface area contributed by atoms with E-state index in [9.17, 15) is 4.79 Å². The molecule has 6 heteroatoms. The van der Waals surface area contributed by atoms with Gasteiger partial charge in [-0.05, 0) is 48.7 Å². The van der Waals surface area contributed by atoms with Crippen molar-refractivity contribution >= 4 is 17.5 Å². The van der Waals surface area contributed by atoms with Gasteiger partial charge in [0.05, 0.1) is 26.3 Å². The molecule has 4 rings (SSSR count). The molecule has 0 spiro atoms. The maximum atomic E-state index is 13.8. The van der Waals surface area contributed by atoms with Gasteiger partial charge in [0.1, 0.15) is 11.5 Å². The highest BCUT2D eigenvalue weighted by Gasteiger charge is 2.29. The molecule has 174 valence electrons. The summed E-state index contributed by atoms with van der Waals surface area (Å²) >= 11 is 6.41. The summed E-state index contributed by atoms with van der Waals surface area (Å²) in [5.74, 6) is 1.19. The van der Waals surface area contributed by atoms with E-state index in [1.807, 2.05) is 41.3 Å². The fourth-order valence-corrected chi connectivity index (χ4v) is 4.82. The zero-order valence-electron chi connectivity index (χ0n) is 19.3. The van der Waals surface area contributed by atoms with Gasteiger partial charge in [-0.1, -0.05) is 49.1 Å². The van der Waals surface area contributed by atoms with Gasteiger partial charge >= 0.3 is 0 Å². The number of ether oxygens (including phenoxy) is 2. The summed E-state index contributed by atoms with van der Waals surface area (Å²) in [5.41, 5.74) is 2.71. The Morgan fingerprint density at radius 2 is 1.82 bits per heavy atom. The molecule has 1 fully saturated rings. The first-order chi connectivity index (χ1) is 16.1. The topological polar surface area (TPSA) is 43.7 Å². The molecule has 3 aromatic rings. The van der Waals surface area contributed by atoms with E-state index in [1.165, 1.54) is 6.42 Å². The van der Waals surface area contributed by atoms with Crippen LogP contribution in [0.1, 0.15) is 53.7 Å². The second-order valence-electron chi connectivity index (χ2n) is 8.51. The molecule has 1 aromatic heterocycles. The van der Waals surface area contributed by atoms with E-state index < -0.39 is 0 Å². The third-order valence-corrected chi connectivity index (χ3v) is 6.84. The molecular formula is C27H31ClN2O3. The van der Waals surface area contributed by atoms with Crippen LogP contribution in [0.2, 0.25) is 5.02 Å². The smallest absolute Gasteiger partial charge is 0.258 e. The molecule has 0 bridgehead atoms. The van der Waals surface area contributed by atoms with E-state index >= 15 is 0 Å². The van der Waals surface area contributed by atoms with Gasteiger partial charge < -0.3 is 18.9 Å². The molecule has 0 N–H and O–H groups in total. The van der Waals surface area contributed by atoms with Gasteiger partial charge in [-0.3, -0.25) is 4.79 Å². The van der Waals surface area contributed by atoms with Crippen LogP contribution < -0.4 is 9.47 Å². The molecule has 0 aliphatic heterocycles. The third kappa shape index (κ3) is 5.36. The Bertz CT molecular complexity index is 1090. The standard InChI is InChI=1S/C27H31ClN2O3/c1-32-23-14-15-24(26(17-23)33-2)27(31)30(21-10-4-3-5-11-21)19-22-12-8-16-29(22)18-20-9-6-7-13-25(20)28/h6-9,12-17,21H,3-5,10-11,18-19H2,1-2H3. The second-order valence-corrected chi connectivity index (χ2v) is 8.92. The maximum Gasteiger partial charge on any atom is 0.258 e. The van der Waals surface area contributed by atoms with Crippen LogP contribution >= 0.6 is 11.6 Å². The monoisotopic (exact) mass is 466 g/mol. The fraction of sp³-hybridized carbons (Fsp3) is 0.370. The predicted octanol–water partition coefficient (Wildman–Crippen LogP) is 6.18. The Hall–Kier alpha value is -2.92. The highest BCUT2D eigenvalue weighted by atomic mass is 35.5. The normalized spacial score (nSPS) is 14.2. The molecule has 5 nitrogen and oxygen atoms in total. The molecule has 0 saturated heterocycles. The van der Waals surface area contributed by atoms with Gasteiger partial charge in [0.2, 0.25) is 0 Å². The molecule has 1 heterocycles. The summed E-state index contributed by atoms with van der Waals surface area (Å²) in [7, 11) is 3.20. The second kappa shape index (κ2) is 10.8. The Kier molecular flexibility index (Phi) is 7.61. The number of hydrogen-bond donors (Lipinski definition) is 0. The van der Waals surface area contributed by atoms with Crippen LogP contribution in [-0.4, -0.2) is 35.6 Å². The first-order valence-electron chi connectivity index (χ1n) is 11.5. The molecule has 0 atom stereocenters. The van der Waals surface area contributed by atoms with E-state index in [4.69, 9.17) is 21.1 Å². The van der Waals surface area contributed by atoms with Crippen molar-refractivity contribution in [3.63, 3.8) is 0 Å². The lowest BCUT2D eigenvalue weighted by molar-refractivity contribution is 0.0605. The Morgan fingerprint density at radius 3 is 2.55 bits per heavy atom.